The van der Waals surface area contributed by atoms with E-state index in [9.17, 15) is 4.79 Å². The van der Waals surface area contributed by atoms with Crippen molar-refractivity contribution in [3.63, 3.8) is 0 Å². The summed E-state index contributed by atoms with van der Waals surface area (Å²) in [4.78, 5) is 13.4. The number of rotatable bonds is 3. The Morgan fingerprint density at radius 3 is 2.71 bits per heavy atom. The first-order valence-corrected chi connectivity index (χ1v) is 6.13. The molecule has 1 aliphatic rings. The number of carbonyl (C=O) groups excluding carboxylic acids is 1. The molecular weight excluding hydrogens is 238 g/mol. The SMILES string of the molecule is COc1ccc(Cl)cc1CN1CCC(=O)CC1. The van der Waals surface area contributed by atoms with Crippen molar-refractivity contribution in [2.75, 3.05) is 20.2 Å². The molecule has 1 heterocycles. The average molecular weight is 254 g/mol. The maximum absolute atomic E-state index is 11.2. The number of benzene rings is 1. The second kappa shape index (κ2) is 5.52. The van der Waals surface area contributed by atoms with E-state index < -0.39 is 0 Å². The molecule has 4 heteroatoms. The summed E-state index contributed by atoms with van der Waals surface area (Å²) in [6, 6.07) is 5.63. The average Bonchev–Trinajstić information content (AvgIpc) is 2.32. The number of carbonyl (C=O) groups is 1. The fourth-order valence-corrected chi connectivity index (χ4v) is 2.27. The van der Waals surface area contributed by atoms with Gasteiger partial charge in [0.1, 0.15) is 11.5 Å². The number of hydrogen-bond acceptors (Lipinski definition) is 3. The molecule has 0 aromatic heterocycles. The van der Waals surface area contributed by atoms with Crippen LogP contribution in [0.1, 0.15) is 18.4 Å². The van der Waals surface area contributed by atoms with E-state index in [0.717, 1.165) is 30.9 Å². The molecule has 0 saturated carbocycles. The van der Waals surface area contributed by atoms with Gasteiger partial charge in [0, 0.05) is 43.1 Å². The van der Waals surface area contributed by atoms with Crippen molar-refractivity contribution in [3.05, 3.63) is 28.8 Å². The van der Waals surface area contributed by atoms with Crippen molar-refractivity contribution in [3.8, 4) is 5.75 Å². The highest BCUT2D eigenvalue weighted by molar-refractivity contribution is 6.30. The molecule has 0 radical (unpaired) electrons. The number of piperidine rings is 1. The molecule has 1 aromatic rings. The van der Waals surface area contributed by atoms with Gasteiger partial charge in [0.05, 0.1) is 7.11 Å². The van der Waals surface area contributed by atoms with Gasteiger partial charge in [-0.25, -0.2) is 0 Å². The van der Waals surface area contributed by atoms with Gasteiger partial charge in [-0.05, 0) is 18.2 Å². The van der Waals surface area contributed by atoms with Gasteiger partial charge in [0.25, 0.3) is 0 Å². The van der Waals surface area contributed by atoms with Crippen LogP contribution in [-0.4, -0.2) is 30.9 Å². The van der Waals surface area contributed by atoms with Crippen LogP contribution in [0.3, 0.4) is 0 Å². The van der Waals surface area contributed by atoms with Gasteiger partial charge in [0.2, 0.25) is 0 Å². The van der Waals surface area contributed by atoms with E-state index >= 15 is 0 Å². The highest BCUT2D eigenvalue weighted by Gasteiger charge is 2.17. The Kier molecular flexibility index (Phi) is 4.02. The van der Waals surface area contributed by atoms with Crippen LogP contribution in [0.5, 0.6) is 5.75 Å². The smallest absolute Gasteiger partial charge is 0.135 e. The lowest BCUT2D eigenvalue weighted by molar-refractivity contribution is -0.121. The van der Waals surface area contributed by atoms with Gasteiger partial charge in [-0.15, -0.1) is 0 Å². The number of hydrogen-bond donors (Lipinski definition) is 0. The summed E-state index contributed by atoms with van der Waals surface area (Å²) in [5, 5.41) is 0.717. The van der Waals surface area contributed by atoms with Crippen molar-refractivity contribution in [1.29, 1.82) is 0 Å². The van der Waals surface area contributed by atoms with Crippen LogP contribution in [0.4, 0.5) is 0 Å². The number of likely N-dealkylation sites (tertiary alicyclic amines) is 1. The quantitative estimate of drug-likeness (QED) is 0.829. The zero-order valence-corrected chi connectivity index (χ0v) is 10.7. The van der Waals surface area contributed by atoms with Crippen molar-refractivity contribution >= 4 is 17.4 Å². The van der Waals surface area contributed by atoms with Gasteiger partial charge >= 0.3 is 0 Å². The Hall–Kier alpha value is -1.06. The van der Waals surface area contributed by atoms with Crippen molar-refractivity contribution < 1.29 is 9.53 Å². The molecule has 0 atom stereocenters. The normalized spacial score (nSPS) is 17.2. The van der Waals surface area contributed by atoms with E-state index in [1.165, 1.54) is 0 Å². The Balaban J connectivity index is 2.07. The van der Waals surface area contributed by atoms with Crippen LogP contribution in [0.2, 0.25) is 5.02 Å². The third-order valence-corrected chi connectivity index (χ3v) is 3.29. The van der Waals surface area contributed by atoms with Gasteiger partial charge in [-0.1, -0.05) is 11.6 Å². The summed E-state index contributed by atoms with van der Waals surface area (Å²) in [7, 11) is 1.66. The third kappa shape index (κ3) is 3.20. The fourth-order valence-electron chi connectivity index (χ4n) is 2.07. The maximum atomic E-state index is 11.2. The standard InChI is InChI=1S/C13H16ClNO2/c1-17-13-3-2-11(14)8-10(13)9-15-6-4-12(16)5-7-15/h2-3,8H,4-7,9H2,1H3. The van der Waals surface area contributed by atoms with Gasteiger partial charge in [0.15, 0.2) is 0 Å². The summed E-state index contributed by atoms with van der Waals surface area (Å²) < 4.78 is 5.31. The van der Waals surface area contributed by atoms with Crippen molar-refractivity contribution in [1.82, 2.24) is 4.90 Å². The zero-order valence-electron chi connectivity index (χ0n) is 9.91. The number of Topliss-reactive ketones (excluding diaryl/α,β-unsaturated/α-hetero) is 1. The second-order valence-electron chi connectivity index (χ2n) is 4.27. The first kappa shape index (κ1) is 12.4. The zero-order chi connectivity index (χ0) is 12.3. The second-order valence-corrected chi connectivity index (χ2v) is 4.71. The molecule has 0 N–H and O–H groups in total. The molecule has 1 aromatic carbocycles. The lowest BCUT2D eigenvalue weighted by atomic mass is 10.1. The molecule has 1 fully saturated rings. The van der Waals surface area contributed by atoms with Crippen LogP contribution in [0.25, 0.3) is 0 Å². The predicted octanol–water partition coefficient (Wildman–Crippen LogP) is 2.51. The van der Waals surface area contributed by atoms with Crippen molar-refractivity contribution in [2.24, 2.45) is 0 Å². The highest BCUT2D eigenvalue weighted by atomic mass is 35.5. The predicted molar refractivity (Wildman–Crippen MR) is 67.5 cm³/mol. The summed E-state index contributed by atoms with van der Waals surface area (Å²) in [6.07, 6.45) is 1.31. The Bertz CT molecular complexity index is 410. The number of ketones is 1. The summed E-state index contributed by atoms with van der Waals surface area (Å²) in [5.41, 5.74) is 1.08. The van der Waals surface area contributed by atoms with Gasteiger partial charge in [-0.2, -0.15) is 0 Å². The van der Waals surface area contributed by atoms with E-state index in [4.69, 9.17) is 16.3 Å². The minimum absolute atomic E-state index is 0.360. The summed E-state index contributed by atoms with van der Waals surface area (Å²) >= 11 is 5.99. The summed E-state index contributed by atoms with van der Waals surface area (Å²) in [6.45, 7) is 2.44. The highest BCUT2D eigenvalue weighted by Crippen LogP contribution is 2.24. The molecule has 0 bridgehead atoms. The molecule has 0 aliphatic carbocycles. The lowest BCUT2D eigenvalue weighted by Gasteiger charge is -2.26. The molecular formula is C13H16ClNO2. The molecule has 17 heavy (non-hydrogen) atoms. The molecule has 0 amide bonds. The largest absolute Gasteiger partial charge is 0.496 e. The van der Waals surface area contributed by atoms with Crippen LogP contribution >= 0.6 is 11.6 Å². The van der Waals surface area contributed by atoms with Crippen LogP contribution < -0.4 is 4.74 Å². The Labute approximate surface area is 106 Å². The molecule has 1 aliphatic heterocycles. The Morgan fingerprint density at radius 2 is 2.06 bits per heavy atom. The van der Waals surface area contributed by atoms with Crippen LogP contribution in [0.15, 0.2) is 18.2 Å². The van der Waals surface area contributed by atoms with E-state index in [2.05, 4.69) is 4.90 Å². The number of nitrogens with zero attached hydrogens (tertiary/aromatic N) is 1. The molecule has 1 saturated heterocycles. The third-order valence-electron chi connectivity index (χ3n) is 3.05. The molecule has 0 spiro atoms. The topological polar surface area (TPSA) is 29.5 Å². The van der Waals surface area contributed by atoms with E-state index in [0.29, 0.717) is 23.6 Å². The Morgan fingerprint density at radius 1 is 1.35 bits per heavy atom. The van der Waals surface area contributed by atoms with Crippen LogP contribution in [0, 0.1) is 0 Å². The van der Waals surface area contributed by atoms with E-state index in [1.54, 1.807) is 7.11 Å². The lowest BCUT2D eigenvalue weighted by Crippen LogP contribution is -2.33. The maximum Gasteiger partial charge on any atom is 0.135 e. The minimum Gasteiger partial charge on any atom is -0.496 e. The number of methoxy groups -OCH3 is 1. The monoisotopic (exact) mass is 253 g/mol. The fraction of sp³-hybridized carbons (Fsp3) is 0.462. The van der Waals surface area contributed by atoms with Crippen molar-refractivity contribution in [2.45, 2.75) is 19.4 Å². The number of ether oxygens (including phenoxy) is 1. The van der Waals surface area contributed by atoms with E-state index in [-0.39, 0.29) is 0 Å². The first-order valence-electron chi connectivity index (χ1n) is 5.75. The molecule has 3 nitrogen and oxygen atoms in total. The molecule has 2 rings (SSSR count). The van der Waals surface area contributed by atoms with Gasteiger partial charge in [-0.3, -0.25) is 9.69 Å². The summed E-state index contributed by atoms with van der Waals surface area (Å²) in [5.74, 6) is 1.21. The van der Waals surface area contributed by atoms with Crippen LogP contribution in [-0.2, 0) is 11.3 Å². The van der Waals surface area contributed by atoms with Gasteiger partial charge < -0.3 is 4.74 Å². The molecule has 92 valence electrons. The van der Waals surface area contributed by atoms with E-state index in [1.807, 2.05) is 18.2 Å². The number of halogens is 1. The first-order chi connectivity index (χ1) is 8.19. The minimum atomic E-state index is 0.360. The molecule has 0 unspecified atom stereocenters.